The molecule has 0 saturated heterocycles. The molecule has 0 aromatic rings. The fourth-order valence-corrected chi connectivity index (χ4v) is 6.21. The molecule has 10 heteroatoms. The van der Waals surface area contributed by atoms with Crippen LogP contribution in [-0.2, 0) is 32.7 Å². The summed E-state index contributed by atoms with van der Waals surface area (Å²) in [5, 5.41) is 0. The molecular formula is C38H76NO8P. The Labute approximate surface area is 295 Å². The summed E-state index contributed by atoms with van der Waals surface area (Å²) in [5.74, 6) is -0.832. The molecule has 48 heavy (non-hydrogen) atoms. The Bertz CT molecular complexity index is 804. The van der Waals surface area contributed by atoms with E-state index in [1.165, 1.54) is 109 Å². The molecule has 0 radical (unpaired) electrons. The molecule has 0 spiro atoms. The molecular weight excluding hydrogens is 629 g/mol. The van der Waals surface area contributed by atoms with Gasteiger partial charge in [0.2, 0.25) is 0 Å². The summed E-state index contributed by atoms with van der Waals surface area (Å²) in [6.45, 7) is 4.19. The first-order valence-corrected chi connectivity index (χ1v) is 21.2. The molecule has 0 aromatic carbocycles. The maximum atomic E-state index is 12.5. The van der Waals surface area contributed by atoms with Crippen molar-refractivity contribution >= 4 is 19.8 Å². The summed E-state index contributed by atoms with van der Waals surface area (Å²) in [5.41, 5.74) is 0. The van der Waals surface area contributed by atoms with Gasteiger partial charge < -0.3 is 27.9 Å². The Morgan fingerprint density at radius 2 is 0.938 bits per heavy atom. The Kier molecular flexibility index (Phi) is 31.3. The number of likely N-dealkylation sites (N-methyl/N-ethyl adjacent to an activating group) is 1. The number of quaternary nitrogens is 1. The molecule has 0 aliphatic carbocycles. The van der Waals surface area contributed by atoms with Crippen molar-refractivity contribution in [2.24, 2.45) is 0 Å². The summed E-state index contributed by atoms with van der Waals surface area (Å²) < 4.78 is 33.6. The first kappa shape index (κ1) is 47.0. The topological polar surface area (TPSA) is 111 Å². The molecule has 0 saturated carbocycles. The van der Waals surface area contributed by atoms with Gasteiger partial charge in [0, 0.05) is 12.8 Å². The number of hydrogen-bond donors (Lipinski definition) is 0. The number of phosphoric ester groups is 1. The Balaban J connectivity index is 4.24. The lowest BCUT2D eigenvalue weighted by Gasteiger charge is -2.28. The van der Waals surface area contributed by atoms with E-state index < -0.39 is 26.5 Å². The molecule has 0 amide bonds. The highest BCUT2D eigenvalue weighted by molar-refractivity contribution is 7.45. The van der Waals surface area contributed by atoms with Crippen LogP contribution in [-0.4, -0.2) is 70.0 Å². The molecule has 0 N–H and O–H groups in total. The molecule has 2 atom stereocenters. The second-order valence-corrected chi connectivity index (χ2v) is 16.1. The molecule has 286 valence electrons. The predicted octanol–water partition coefficient (Wildman–Crippen LogP) is 9.83. The first-order chi connectivity index (χ1) is 23.0. The third kappa shape index (κ3) is 34.9. The van der Waals surface area contributed by atoms with Gasteiger partial charge in [0.1, 0.15) is 19.8 Å². The molecule has 0 aliphatic rings. The molecule has 0 bridgehead atoms. The average molecular weight is 706 g/mol. The largest absolute Gasteiger partial charge is 0.756 e. The first-order valence-electron chi connectivity index (χ1n) is 19.7. The number of phosphoric acid groups is 1. The highest BCUT2D eigenvalue weighted by Crippen LogP contribution is 2.38. The number of rotatable bonds is 36. The molecule has 9 nitrogen and oxygen atoms in total. The van der Waals surface area contributed by atoms with Crippen molar-refractivity contribution in [1.29, 1.82) is 0 Å². The van der Waals surface area contributed by atoms with Crippen molar-refractivity contribution in [1.82, 2.24) is 0 Å². The van der Waals surface area contributed by atoms with Crippen LogP contribution in [0.15, 0.2) is 0 Å². The minimum absolute atomic E-state index is 0.0265. The average Bonchev–Trinajstić information content (AvgIpc) is 3.02. The van der Waals surface area contributed by atoms with Gasteiger partial charge in [0.25, 0.3) is 7.82 Å². The minimum Gasteiger partial charge on any atom is -0.756 e. The third-order valence-electron chi connectivity index (χ3n) is 8.63. The van der Waals surface area contributed by atoms with Crippen LogP contribution in [0.1, 0.15) is 181 Å². The van der Waals surface area contributed by atoms with Crippen molar-refractivity contribution in [2.45, 2.75) is 187 Å². The number of nitrogens with zero attached hydrogens (tertiary/aromatic N) is 1. The van der Waals surface area contributed by atoms with E-state index in [2.05, 4.69) is 13.8 Å². The van der Waals surface area contributed by atoms with Crippen molar-refractivity contribution in [3.8, 4) is 0 Å². The van der Waals surface area contributed by atoms with Crippen LogP contribution in [0, 0.1) is 0 Å². The number of unbranched alkanes of at least 4 members (excludes halogenated alkanes) is 22. The van der Waals surface area contributed by atoms with Gasteiger partial charge in [-0.15, -0.1) is 0 Å². The zero-order chi connectivity index (χ0) is 35.8. The summed E-state index contributed by atoms with van der Waals surface area (Å²) in [6, 6.07) is 0. The Morgan fingerprint density at radius 1 is 0.562 bits per heavy atom. The van der Waals surface area contributed by atoms with Crippen LogP contribution in [0.3, 0.4) is 0 Å². The van der Waals surface area contributed by atoms with Gasteiger partial charge in [0.05, 0.1) is 27.7 Å². The number of ether oxygens (including phenoxy) is 2. The van der Waals surface area contributed by atoms with E-state index in [4.69, 9.17) is 18.5 Å². The minimum atomic E-state index is -4.60. The monoisotopic (exact) mass is 706 g/mol. The molecule has 1 unspecified atom stereocenters. The molecule has 0 aliphatic heterocycles. The van der Waals surface area contributed by atoms with Gasteiger partial charge in [-0.05, 0) is 12.8 Å². The fourth-order valence-electron chi connectivity index (χ4n) is 5.48. The number of carbonyl (C=O) groups is 2. The van der Waals surface area contributed by atoms with Gasteiger partial charge in [-0.2, -0.15) is 0 Å². The van der Waals surface area contributed by atoms with Crippen LogP contribution in [0.2, 0.25) is 0 Å². The second-order valence-electron chi connectivity index (χ2n) is 14.7. The molecule has 0 heterocycles. The normalized spacial score (nSPS) is 13.7. The van der Waals surface area contributed by atoms with E-state index in [1.807, 2.05) is 21.1 Å². The highest BCUT2D eigenvalue weighted by atomic mass is 31.2. The highest BCUT2D eigenvalue weighted by Gasteiger charge is 2.21. The maximum Gasteiger partial charge on any atom is 0.306 e. The summed E-state index contributed by atoms with van der Waals surface area (Å²) in [4.78, 5) is 37.2. The van der Waals surface area contributed by atoms with Gasteiger partial charge in [0.15, 0.2) is 6.10 Å². The van der Waals surface area contributed by atoms with E-state index in [0.717, 1.165) is 38.5 Å². The lowest BCUT2D eigenvalue weighted by atomic mass is 10.0. The summed E-state index contributed by atoms with van der Waals surface area (Å²) in [6.07, 6.45) is 28.6. The van der Waals surface area contributed by atoms with E-state index >= 15 is 0 Å². The van der Waals surface area contributed by atoms with Crippen LogP contribution < -0.4 is 4.89 Å². The summed E-state index contributed by atoms with van der Waals surface area (Å²) >= 11 is 0. The molecule has 0 aromatic heterocycles. The summed E-state index contributed by atoms with van der Waals surface area (Å²) in [7, 11) is 1.18. The smallest absolute Gasteiger partial charge is 0.306 e. The quantitative estimate of drug-likeness (QED) is 0.0274. The van der Waals surface area contributed by atoms with Gasteiger partial charge >= 0.3 is 11.9 Å². The Morgan fingerprint density at radius 3 is 1.33 bits per heavy atom. The Hall–Kier alpha value is -0.990. The number of esters is 2. The SMILES string of the molecule is CCCCCCCCCCCCCCCCCCCC(=O)OC[C@H](COP(=O)([O-])OCC[N+](C)(C)C)OC(=O)CCCCCCCCC. The van der Waals surface area contributed by atoms with Crippen LogP contribution in [0.4, 0.5) is 0 Å². The van der Waals surface area contributed by atoms with E-state index in [0.29, 0.717) is 17.4 Å². The van der Waals surface area contributed by atoms with Gasteiger partial charge in [-0.3, -0.25) is 14.2 Å². The van der Waals surface area contributed by atoms with Gasteiger partial charge in [-0.1, -0.05) is 155 Å². The molecule has 0 fully saturated rings. The lowest BCUT2D eigenvalue weighted by molar-refractivity contribution is -0.870. The van der Waals surface area contributed by atoms with Crippen LogP contribution >= 0.6 is 7.82 Å². The van der Waals surface area contributed by atoms with Crippen molar-refractivity contribution in [3.05, 3.63) is 0 Å². The zero-order valence-corrected chi connectivity index (χ0v) is 32.8. The van der Waals surface area contributed by atoms with Gasteiger partial charge in [-0.25, -0.2) is 0 Å². The lowest BCUT2D eigenvalue weighted by Crippen LogP contribution is -2.37. The van der Waals surface area contributed by atoms with Crippen molar-refractivity contribution < 1.29 is 42.1 Å². The molecule has 0 rings (SSSR count). The van der Waals surface area contributed by atoms with Crippen LogP contribution in [0.25, 0.3) is 0 Å². The van der Waals surface area contributed by atoms with Crippen LogP contribution in [0.5, 0.6) is 0 Å². The van der Waals surface area contributed by atoms with E-state index in [-0.39, 0.29) is 32.0 Å². The third-order valence-corrected chi connectivity index (χ3v) is 9.59. The van der Waals surface area contributed by atoms with Crippen molar-refractivity contribution in [2.75, 3.05) is 47.5 Å². The fraction of sp³-hybridized carbons (Fsp3) is 0.947. The van der Waals surface area contributed by atoms with E-state index in [9.17, 15) is 19.0 Å². The maximum absolute atomic E-state index is 12.5. The second kappa shape index (κ2) is 32.0. The number of hydrogen-bond acceptors (Lipinski definition) is 8. The number of carbonyl (C=O) groups excluding carboxylic acids is 2. The predicted molar refractivity (Wildman–Crippen MR) is 195 cm³/mol. The van der Waals surface area contributed by atoms with Crippen molar-refractivity contribution in [3.63, 3.8) is 0 Å². The van der Waals surface area contributed by atoms with E-state index in [1.54, 1.807) is 0 Å². The zero-order valence-electron chi connectivity index (χ0n) is 32.0. The standard InChI is InChI=1S/C38H76NO8P/c1-6-8-10-12-14-15-16-17-18-19-20-21-22-23-25-26-28-30-37(40)44-34-36(35-46-48(42,43)45-33-32-39(3,4)5)47-38(41)31-29-27-24-13-11-9-7-2/h36H,6-35H2,1-5H3/t36-/m1/s1.